The zero-order chi connectivity index (χ0) is 17.9. The second-order valence-electron chi connectivity index (χ2n) is 6.87. The standard InChI is InChI=1S/C21H21N3O2/c25-20(14-24-19-9-5-4-8-17(19)22-13-21(24)26)23-18(16-10-11-16)12-15-6-2-1-3-7-15/h1-9,13,16,18H,10-12,14H2,(H,23,25). The number of carbonyl (C=O) groups excluding carboxylic acids is 1. The summed E-state index contributed by atoms with van der Waals surface area (Å²) in [4.78, 5) is 29.0. The second kappa shape index (κ2) is 7.12. The normalized spacial score (nSPS) is 14.9. The Bertz CT molecular complexity index is 977. The molecule has 1 aromatic heterocycles. The van der Waals surface area contributed by atoms with E-state index in [4.69, 9.17) is 0 Å². The summed E-state index contributed by atoms with van der Waals surface area (Å²) in [5, 5.41) is 3.15. The molecule has 3 aromatic rings. The van der Waals surface area contributed by atoms with Crippen molar-refractivity contribution in [2.75, 3.05) is 0 Å². The van der Waals surface area contributed by atoms with Gasteiger partial charge in [0.2, 0.25) is 5.91 Å². The minimum atomic E-state index is -0.259. The first kappa shape index (κ1) is 16.5. The topological polar surface area (TPSA) is 64.0 Å². The number of amides is 1. The van der Waals surface area contributed by atoms with E-state index in [9.17, 15) is 9.59 Å². The quantitative estimate of drug-likeness (QED) is 0.745. The van der Waals surface area contributed by atoms with E-state index in [-0.39, 0.29) is 24.1 Å². The van der Waals surface area contributed by atoms with Gasteiger partial charge in [-0.25, -0.2) is 4.98 Å². The largest absolute Gasteiger partial charge is 0.351 e. The van der Waals surface area contributed by atoms with Crippen LogP contribution >= 0.6 is 0 Å². The minimum Gasteiger partial charge on any atom is -0.351 e. The number of hydrogen-bond donors (Lipinski definition) is 1. The number of aromatic nitrogens is 2. The Hall–Kier alpha value is -2.95. The van der Waals surface area contributed by atoms with Crippen LogP contribution in [0.1, 0.15) is 18.4 Å². The maximum absolute atomic E-state index is 12.6. The fourth-order valence-corrected chi connectivity index (χ4v) is 3.38. The molecule has 0 aliphatic heterocycles. The first-order valence-electron chi connectivity index (χ1n) is 8.98. The molecule has 1 N–H and O–H groups in total. The Labute approximate surface area is 151 Å². The summed E-state index contributed by atoms with van der Waals surface area (Å²) in [6.07, 6.45) is 4.40. The fourth-order valence-electron chi connectivity index (χ4n) is 3.38. The average molecular weight is 347 g/mol. The van der Waals surface area contributed by atoms with Crippen molar-refractivity contribution in [3.8, 4) is 0 Å². The van der Waals surface area contributed by atoms with E-state index in [1.165, 1.54) is 16.3 Å². The predicted molar refractivity (Wildman–Crippen MR) is 101 cm³/mol. The van der Waals surface area contributed by atoms with Crippen LogP contribution in [-0.4, -0.2) is 21.5 Å². The van der Waals surface area contributed by atoms with Gasteiger partial charge >= 0.3 is 0 Å². The Balaban J connectivity index is 1.51. The SMILES string of the molecule is O=C(Cn1c(=O)cnc2ccccc21)NC(Cc1ccccc1)C1CC1. The summed E-state index contributed by atoms with van der Waals surface area (Å²) < 4.78 is 1.49. The van der Waals surface area contributed by atoms with E-state index >= 15 is 0 Å². The molecule has 2 aromatic carbocycles. The van der Waals surface area contributed by atoms with Crippen LogP contribution in [0.25, 0.3) is 11.0 Å². The van der Waals surface area contributed by atoms with Crippen molar-refractivity contribution in [2.45, 2.75) is 31.8 Å². The summed E-state index contributed by atoms with van der Waals surface area (Å²) in [7, 11) is 0. The van der Waals surface area contributed by atoms with E-state index in [1.807, 2.05) is 42.5 Å². The van der Waals surface area contributed by atoms with Gasteiger partial charge in [-0.1, -0.05) is 42.5 Å². The predicted octanol–water partition coefficient (Wildman–Crippen LogP) is 2.53. The maximum atomic E-state index is 12.6. The Kier molecular flexibility index (Phi) is 4.52. The molecule has 0 spiro atoms. The van der Waals surface area contributed by atoms with Gasteiger partial charge in [-0.2, -0.15) is 0 Å². The van der Waals surface area contributed by atoms with Crippen LogP contribution in [0.5, 0.6) is 0 Å². The van der Waals surface area contributed by atoms with Crippen molar-refractivity contribution in [2.24, 2.45) is 5.92 Å². The number of carbonyl (C=O) groups is 1. The monoisotopic (exact) mass is 347 g/mol. The summed E-state index contributed by atoms with van der Waals surface area (Å²) in [6.45, 7) is 0.0138. The molecule has 1 amide bonds. The van der Waals surface area contributed by atoms with Gasteiger partial charge in [0.1, 0.15) is 6.54 Å². The van der Waals surface area contributed by atoms with Gasteiger partial charge in [0.25, 0.3) is 5.56 Å². The zero-order valence-corrected chi connectivity index (χ0v) is 14.5. The van der Waals surface area contributed by atoms with Gasteiger partial charge < -0.3 is 5.32 Å². The number of benzene rings is 2. The van der Waals surface area contributed by atoms with Crippen molar-refractivity contribution < 1.29 is 4.79 Å². The summed E-state index contributed by atoms with van der Waals surface area (Å²) in [6, 6.07) is 17.7. The third-order valence-electron chi connectivity index (χ3n) is 4.89. The maximum Gasteiger partial charge on any atom is 0.269 e. The van der Waals surface area contributed by atoms with Crippen LogP contribution in [0.3, 0.4) is 0 Å². The van der Waals surface area contributed by atoms with Crippen LogP contribution in [0.2, 0.25) is 0 Å². The molecule has 4 rings (SSSR count). The molecule has 1 aliphatic rings. The van der Waals surface area contributed by atoms with Crippen LogP contribution in [-0.2, 0) is 17.8 Å². The molecule has 1 atom stereocenters. The van der Waals surface area contributed by atoms with Gasteiger partial charge in [0.15, 0.2) is 0 Å². The van der Waals surface area contributed by atoms with Crippen molar-refractivity contribution >= 4 is 16.9 Å². The molecular formula is C21H21N3O2. The summed E-state index contributed by atoms with van der Waals surface area (Å²) in [5.74, 6) is 0.404. The van der Waals surface area contributed by atoms with Gasteiger partial charge in [-0.3, -0.25) is 14.2 Å². The number of fused-ring (bicyclic) bond motifs is 1. The Morgan fingerprint density at radius 3 is 2.62 bits per heavy atom. The first-order chi connectivity index (χ1) is 12.7. The lowest BCUT2D eigenvalue weighted by Gasteiger charge is -2.19. The number of nitrogens with zero attached hydrogens (tertiary/aromatic N) is 2. The average Bonchev–Trinajstić information content (AvgIpc) is 3.50. The van der Waals surface area contributed by atoms with E-state index in [0.717, 1.165) is 19.3 Å². The molecule has 132 valence electrons. The number of nitrogens with one attached hydrogen (secondary N) is 1. The third-order valence-corrected chi connectivity index (χ3v) is 4.89. The highest BCUT2D eigenvalue weighted by Gasteiger charge is 2.32. The Morgan fingerprint density at radius 2 is 1.85 bits per heavy atom. The summed E-state index contributed by atoms with van der Waals surface area (Å²) >= 11 is 0. The molecule has 1 fully saturated rings. The Morgan fingerprint density at radius 1 is 1.12 bits per heavy atom. The molecular weight excluding hydrogens is 326 g/mol. The fraction of sp³-hybridized carbons (Fsp3) is 0.286. The van der Waals surface area contributed by atoms with Gasteiger partial charge in [0, 0.05) is 6.04 Å². The van der Waals surface area contributed by atoms with Crippen LogP contribution in [0, 0.1) is 5.92 Å². The van der Waals surface area contributed by atoms with Crippen LogP contribution < -0.4 is 10.9 Å². The molecule has 1 saturated carbocycles. The van der Waals surface area contributed by atoms with Crippen molar-refractivity contribution in [3.63, 3.8) is 0 Å². The van der Waals surface area contributed by atoms with Crippen LogP contribution in [0.4, 0.5) is 0 Å². The second-order valence-corrected chi connectivity index (χ2v) is 6.87. The molecule has 0 radical (unpaired) electrons. The molecule has 5 nitrogen and oxygen atoms in total. The number of rotatable bonds is 6. The van der Waals surface area contributed by atoms with Crippen molar-refractivity contribution in [3.05, 3.63) is 76.7 Å². The lowest BCUT2D eigenvalue weighted by Crippen LogP contribution is -2.41. The van der Waals surface area contributed by atoms with Crippen LogP contribution in [0.15, 0.2) is 65.6 Å². The van der Waals surface area contributed by atoms with Gasteiger partial charge in [0.05, 0.1) is 17.2 Å². The lowest BCUT2D eigenvalue weighted by atomic mass is 10.0. The van der Waals surface area contributed by atoms with Gasteiger partial charge in [-0.15, -0.1) is 0 Å². The number of hydrogen-bond acceptors (Lipinski definition) is 3. The lowest BCUT2D eigenvalue weighted by molar-refractivity contribution is -0.122. The third kappa shape index (κ3) is 3.67. The van der Waals surface area contributed by atoms with E-state index in [2.05, 4.69) is 22.4 Å². The molecule has 26 heavy (non-hydrogen) atoms. The smallest absolute Gasteiger partial charge is 0.269 e. The minimum absolute atomic E-state index is 0.0138. The van der Waals surface area contributed by atoms with Crippen molar-refractivity contribution in [1.82, 2.24) is 14.9 Å². The van der Waals surface area contributed by atoms with E-state index in [0.29, 0.717) is 17.0 Å². The highest BCUT2D eigenvalue weighted by molar-refractivity contribution is 5.80. The molecule has 1 heterocycles. The first-order valence-corrected chi connectivity index (χ1v) is 8.98. The highest BCUT2D eigenvalue weighted by atomic mass is 16.2. The molecule has 0 bridgehead atoms. The summed E-state index contributed by atoms with van der Waals surface area (Å²) in [5.41, 5.74) is 2.35. The van der Waals surface area contributed by atoms with E-state index < -0.39 is 0 Å². The highest BCUT2D eigenvalue weighted by Crippen LogP contribution is 2.34. The molecule has 0 saturated heterocycles. The molecule has 1 unspecified atom stereocenters. The van der Waals surface area contributed by atoms with Gasteiger partial charge in [-0.05, 0) is 42.9 Å². The zero-order valence-electron chi connectivity index (χ0n) is 14.5. The van der Waals surface area contributed by atoms with E-state index in [1.54, 1.807) is 0 Å². The molecule has 1 aliphatic carbocycles. The molecule has 5 heteroatoms. The number of para-hydroxylation sites is 2. The van der Waals surface area contributed by atoms with Crippen molar-refractivity contribution in [1.29, 1.82) is 0 Å².